The van der Waals surface area contributed by atoms with Crippen molar-refractivity contribution in [2.75, 3.05) is 25.0 Å². The van der Waals surface area contributed by atoms with Gasteiger partial charge in [-0.2, -0.15) is 26.3 Å². The number of allylic oxidation sites excluding steroid dienone is 1. The fraction of sp³-hybridized carbons (Fsp3) is 0.548. The van der Waals surface area contributed by atoms with Crippen molar-refractivity contribution in [3.05, 3.63) is 83.1 Å². The van der Waals surface area contributed by atoms with Crippen LogP contribution in [0.5, 0.6) is 0 Å². The van der Waals surface area contributed by atoms with Gasteiger partial charge in [0.05, 0.1) is 23.7 Å². The maximum atomic E-state index is 13.4. The molecule has 1 atom stereocenters. The molecule has 9 heteroatoms. The summed E-state index contributed by atoms with van der Waals surface area (Å²) in [5.41, 5.74) is -1.45. The van der Waals surface area contributed by atoms with Gasteiger partial charge in [0, 0.05) is 12.1 Å². The molecule has 0 fully saturated rings. The van der Waals surface area contributed by atoms with E-state index in [2.05, 4.69) is 32.7 Å². The highest BCUT2D eigenvalue weighted by Gasteiger charge is 2.37. The molecule has 0 spiro atoms. The average Bonchev–Trinajstić information content (AvgIpc) is 2.90. The molecule has 0 aliphatic rings. The Morgan fingerprint density at radius 3 is 1.70 bits per heavy atom. The summed E-state index contributed by atoms with van der Waals surface area (Å²) in [5, 5.41) is 3.31. The Morgan fingerprint density at radius 1 is 0.800 bits per heavy atom. The van der Waals surface area contributed by atoms with Crippen LogP contribution in [-0.4, -0.2) is 25.0 Å². The van der Waals surface area contributed by atoms with E-state index in [9.17, 15) is 26.3 Å². The minimum Gasteiger partial charge on any atom is -0.380 e. The normalized spacial score (nSPS) is 13.2. The van der Waals surface area contributed by atoms with Crippen LogP contribution < -0.4 is 5.32 Å². The zero-order chi connectivity index (χ0) is 29.8. The molecule has 2 nitrogen and oxygen atoms in total. The molecule has 1 N–H and O–H groups in total. The fourth-order valence-electron chi connectivity index (χ4n) is 4.74. The zero-order valence-corrected chi connectivity index (χ0v) is 24.7. The topological polar surface area (TPSA) is 24.4 Å². The van der Waals surface area contributed by atoms with Crippen molar-refractivity contribution in [1.82, 2.24) is 5.32 Å². The molecule has 2 aromatic carbocycles. The first kappa shape index (κ1) is 34.0. The maximum absolute atomic E-state index is 13.4. The lowest BCUT2D eigenvalue weighted by molar-refractivity contribution is -0.143. The van der Waals surface area contributed by atoms with Crippen molar-refractivity contribution in [2.24, 2.45) is 4.74 Å². The van der Waals surface area contributed by atoms with E-state index >= 15 is 0 Å². The molecule has 0 amide bonds. The lowest BCUT2D eigenvalue weighted by Crippen LogP contribution is -2.24. The fourth-order valence-corrected chi connectivity index (χ4v) is 9.06. The van der Waals surface area contributed by atoms with Crippen LogP contribution in [0, 0.1) is 0 Å². The first-order valence-electron chi connectivity index (χ1n) is 14.2. The summed E-state index contributed by atoms with van der Waals surface area (Å²) in [5.74, 6) is 0. The molecule has 224 valence electrons. The van der Waals surface area contributed by atoms with E-state index in [0.29, 0.717) is 12.2 Å². The predicted molar refractivity (Wildman–Crippen MR) is 155 cm³/mol. The second-order valence-electron chi connectivity index (χ2n) is 10.5. The van der Waals surface area contributed by atoms with Gasteiger partial charge in [-0.15, -0.1) is 0 Å². The van der Waals surface area contributed by atoms with Gasteiger partial charge in [-0.3, -0.25) is 0 Å². The Kier molecular flexibility index (Phi) is 13.3. The molecule has 2 aromatic rings. The summed E-state index contributed by atoms with van der Waals surface area (Å²) < 4.78 is 85.6. The summed E-state index contributed by atoms with van der Waals surface area (Å²) >= 11 is 0. The summed E-state index contributed by atoms with van der Waals surface area (Å²) in [4.78, 5) is 0. The largest absolute Gasteiger partial charge is 0.416 e. The van der Waals surface area contributed by atoms with E-state index < -0.39 is 30.5 Å². The summed E-state index contributed by atoms with van der Waals surface area (Å²) in [6, 6.07) is 11.0. The Labute approximate surface area is 235 Å². The minimum atomic E-state index is -4.89. The zero-order valence-electron chi connectivity index (χ0n) is 23.8. The second-order valence-corrected chi connectivity index (χ2v) is 14.3. The number of rotatable bonds is 16. The van der Waals surface area contributed by atoms with Crippen molar-refractivity contribution in [2.45, 2.75) is 84.1 Å². The van der Waals surface area contributed by atoms with E-state index in [1.54, 1.807) is 0 Å². The molecular formula is C31H43F6N2P. The van der Waals surface area contributed by atoms with Crippen LogP contribution in [0.2, 0.25) is 0 Å². The maximum Gasteiger partial charge on any atom is 0.416 e. The van der Waals surface area contributed by atoms with Crippen molar-refractivity contribution >= 4 is 7.05 Å². The van der Waals surface area contributed by atoms with Crippen LogP contribution in [-0.2, 0) is 18.8 Å². The van der Waals surface area contributed by atoms with Crippen LogP contribution >= 0.6 is 7.05 Å². The number of hydrogen-bond acceptors (Lipinski definition) is 2. The number of benzene rings is 2. The molecule has 0 saturated carbocycles. The standard InChI is InChI=1S/C31H43F6N2P/c1-5-8-16-40(17-9-6-2,18-10-7-3)38-23-29(26-14-12-11-13-15-26)39-24(4)19-25-20-27(30(32,33)34)22-28(21-25)31(35,36)37/h11-15,20-22,29,39H,4-10,16-19,23H2,1-3H3/t29-/m1/s1. The quantitative estimate of drug-likeness (QED) is 0.153. The van der Waals surface area contributed by atoms with Crippen molar-refractivity contribution in [1.29, 1.82) is 0 Å². The number of halogens is 6. The first-order valence-corrected chi connectivity index (χ1v) is 16.5. The number of nitrogens with zero attached hydrogens (tertiary/aromatic N) is 1. The summed E-state index contributed by atoms with van der Waals surface area (Å²) in [6.07, 6.45) is 0.0450. The van der Waals surface area contributed by atoms with Gasteiger partial charge in [0.2, 0.25) is 0 Å². The molecule has 0 saturated heterocycles. The monoisotopic (exact) mass is 588 g/mol. The third-order valence-corrected chi connectivity index (χ3v) is 11.2. The lowest BCUT2D eigenvalue weighted by atomic mass is 10.0. The van der Waals surface area contributed by atoms with Crippen molar-refractivity contribution in [3.63, 3.8) is 0 Å². The molecule has 0 heterocycles. The molecule has 0 aliphatic heterocycles. The van der Waals surface area contributed by atoms with E-state index in [0.717, 1.165) is 74.7 Å². The molecule has 0 radical (unpaired) electrons. The summed E-state index contributed by atoms with van der Waals surface area (Å²) in [6.45, 7) is 11.0. The SMILES string of the molecule is C=C(Cc1cc(C(F)(F)F)cc(C(F)(F)F)c1)N[C@H](CN=P(CCCC)(CCCC)CCCC)c1ccccc1. The second kappa shape index (κ2) is 15.7. The van der Waals surface area contributed by atoms with E-state index in [1.165, 1.54) is 0 Å². The lowest BCUT2D eigenvalue weighted by Gasteiger charge is -2.28. The number of nitrogens with one attached hydrogen (secondary N) is 1. The van der Waals surface area contributed by atoms with Crippen molar-refractivity contribution < 1.29 is 26.3 Å². The van der Waals surface area contributed by atoms with E-state index in [1.807, 2.05) is 30.3 Å². The molecule has 2 rings (SSSR count). The molecule has 0 bridgehead atoms. The first-order chi connectivity index (χ1) is 18.8. The Morgan fingerprint density at radius 2 is 1.27 bits per heavy atom. The third kappa shape index (κ3) is 11.0. The van der Waals surface area contributed by atoms with Gasteiger partial charge >= 0.3 is 12.4 Å². The summed E-state index contributed by atoms with van der Waals surface area (Å²) in [7, 11) is -1.58. The van der Waals surface area contributed by atoms with Gasteiger partial charge in [-0.1, -0.05) is 76.9 Å². The smallest absolute Gasteiger partial charge is 0.380 e. The van der Waals surface area contributed by atoms with Crippen LogP contribution in [0.15, 0.2) is 65.6 Å². The van der Waals surface area contributed by atoms with Gasteiger partial charge in [0.1, 0.15) is 0 Å². The van der Waals surface area contributed by atoms with Crippen LogP contribution in [0.25, 0.3) is 0 Å². The van der Waals surface area contributed by atoms with E-state index in [4.69, 9.17) is 4.74 Å². The number of alkyl halides is 6. The van der Waals surface area contributed by atoms with Crippen LogP contribution in [0.4, 0.5) is 26.3 Å². The van der Waals surface area contributed by atoms with Crippen LogP contribution in [0.3, 0.4) is 0 Å². The highest BCUT2D eigenvalue weighted by Crippen LogP contribution is 2.52. The van der Waals surface area contributed by atoms with Gasteiger partial charge in [0.15, 0.2) is 0 Å². The minimum absolute atomic E-state index is 0.0981. The number of unbranched alkanes of at least 4 members (excludes halogenated alkanes) is 3. The highest BCUT2D eigenvalue weighted by atomic mass is 31.2. The number of hydrogen-bond donors (Lipinski definition) is 1. The molecule has 0 aliphatic carbocycles. The Hall–Kier alpha value is -2.21. The predicted octanol–water partition coefficient (Wildman–Crippen LogP) is 10.7. The van der Waals surface area contributed by atoms with Crippen LogP contribution in [0.1, 0.15) is 87.6 Å². The molecule has 40 heavy (non-hydrogen) atoms. The molecule has 0 aromatic heterocycles. The van der Waals surface area contributed by atoms with Gasteiger partial charge in [-0.05, 0) is 74.1 Å². The Bertz CT molecular complexity index is 1050. The van der Waals surface area contributed by atoms with Crippen molar-refractivity contribution in [3.8, 4) is 0 Å². The van der Waals surface area contributed by atoms with Gasteiger partial charge < -0.3 is 10.1 Å². The average molecular weight is 589 g/mol. The third-order valence-electron chi connectivity index (χ3n) is 6.99. The highest BCUT2D eigenvalue weighted by molar-refractivity contribution is 7.66. The van der Waals surface area contributed by atoms with Gasteiger partial charge in [0.25, 0.3) is 0 Å². The Balaban J connectivity index is 2.39. The van der Waals surface area contributed by atoms with Gasteiger partial charge in [-0.25, -0.2) is 0 Å². The molecular weight excluding hydrogens is 545 g/mol. The van der Waals surface area contributed by atoms with E-state index in [-0.39, 0.29) is 24.1 Å². The molecule has 0 unspecified atom stereocenters.